The molecule has 6 unspecified atom stereocenters. The maximum atomic E-state index is 13.1. The lowest BCUT2D eigenvalue weighted by atomic mass is 9.53. The van der Waals surface area contributed by atoms with Crippen LogP contribution in [0.25, 0.3) is 0 Å². The number of hydrogen-bond donors (Lipinski definition) is 2. The number of carbonyl (C=O) groups is 1. The number of rotatable bonds is 9. The van der Waals surface area contributed by atoms with Gasteiger partial charge in [-0.15, -0.1) is 11.3 Å². The summed E-state index contributed by atoms with van der Waals surface area (Å²) in [6.07, 6.45) is 2.25. The fraction of sp³-hybridized carbons (Fsp3) is 0.667. The number of aliphatic hydroxyl groups excluding tert-OH is 1. The van der Waals surface area contributed by atoms with E-state index in [4.69, 9.17) is 19.2 Å². The van der Waals surface area contributed by atoms with E-state index < -0.39 is 6.10 Å². The third-order valence-electron chi connectivity index (χ3n) is 9.27. The van der Waals surface area contributed by atoms with Crippen molar-refractivity contribution in [1.82, 2.24) is 15.2 Å². The van der Waals surface area contributed by atoms with Gasteiger partial charge in [0.15, 0.2) is 0 Å². The summed E-state index contributed by atoms with van der Waals surface area (Å²) >= 11 is 1.74. The van der Waals surface area contributed by atoms with E-state index in [1.807, 2.05) is 31.2 Å². The van der Waals surface area contributed by atoms with Crippen LogP contribution < -0.4 is 14.8 Å². The molecule has 1 amide bonds. The van der Waals surface area contributed by atoms with Crippen LogP contribution in [0.2, 0.25) is 0 Å². The number of fused-ring (bicyclic) bond motifs is 2. The van der Waals surface area contributed by atoms with Gasteiger partial charge in [0, 0.05) is 42.9 Å². The Hall–Kier alpha value is -2.20. The highest BCUT2D eigenvalue weighted by atomic mass is 32.1. The van der Waals surface area contributed by atoms with Crippen molar-refractivity contribution in [3.8, 4) is 11.5 Å². The molecule has 8 nitrogen and oxygen atoms in total. The molecule has 2 aromatic rings. The van der Waals surface area contributed by atoms with Crippen molar-refractivity contribution in [1.29, 1.82) is 0 Å². The van der Waals surface area contributed by atoms with E-state index >= 15 is 0 Å². The van der Waals surface area contributed by atoms with Gasteiger partial charge in [0.25, 0.3) is 0 Å². The number of nitrogens with one attached hydrogen (secondary N) is 1. The van der Waals surface area contributed by atoms with Gasteiger partial charge in [0.05, 0.1) is 32.1 Å². The summed E-state index contributed by atoms with van der Waals surface area (Å²) in [6, 6.07) is 7.58. The first-order chi connectivity index (χ1) is 18.8. The first-order valence-electron chi connectivity index (χ1n) is 14.3. The van der Waals surface area contributed by atoms with Gasteiger partial charge in [0.1, 0.15) is 23.1 Å². The Labute approximate surface area is 236 Å². The third kappa shape index (κ3) is 6.11. The molecule has 0 bridgehead atoms. The van der Waals surface area contributed by atoms with Gasteiger partial charge in [-0.3, -0.25) is 9.69 Å². The van der Waals surface area contributed by atoms with Gasteiger partial charge in [0.2, 0.25) is 5.91 Å². The molecular weight excluding hydrogens is 514 g/mol. The number of thiazole rings is 1. The molecular formula is C30H43N3O5S. The normalized spacial score (nSPS) is 29.7. The van der Waals surface area contributed by atoms with E-state index in [9.17, 15) is 9.90 Å². The maximum Gasteiger partial charge on any atom is 0.223 e. The molecule has 39 heavy (non-hydrogen) atoms. The van der Waals surface area contributed by atoms with Crippen LogP contribution in [0.15, 0.2) is 24.3 Å². The molecule has 2 heterocycles. The number of carbonyl (C=O) groups excluding carboxylic acids is 1. The minimum absolute atomic E-state index is 0.00446. The molecule has 2 N–H and O–H groups in total. The van der Waals surface area contributed by atoms with Crippen molar-refractivity contribution in [2.75, 3.05) is 46.5 Å². The number of aliphatic hydroxyl groups is 1. The van der Waals surface area contributed by atoms with E-state index in [2.05, 4.69) is 24.1 Å². The fourth-order valence-electron chi connectivity index (χ4n) is 6.99. The molecule has 2 aliphatic carbocycles. The van der Waals surface area contributed by atoms with E-state index in [1.165, 1.54) is 4.88 Å². The molecule has 0 radical (unpaired) electrons. The van der Waals surface area contributed by atoms with Gasteiger partial charge in [-0.2, -0.15) is 0 Å². The molecule has 1 aromatic heterocycles. The topological polar surface area (TPSA) is 93.2 Å². The lowest BCUT2D eigenvalue weighted by Crippen LogP contribution is -2.53. The maximum absolute atomic E-state index is 13.1. The summed E-state index contributed by atoms with van der Waals surface area (Å²) in [5.74, 6) is 1.55. The van der Waals surface area contributed by atoms with Crippen LogP contribution in [0.3, 0.4) is 0 Å². The smallest absolute Gasteiger partial charge is 0.223 e. The summed E-state index contributed by atoms with van der Waals surface area (Å²) in [5, 5.41) is 15.8. The first kappa shape index (κ1) is 28.3. The molecule has 2 fully saturated rings. The van der Waals surface area contributed by atoms with Crippen molar-refractivity contribution in [2.45, 2.75) is 58.7 Å². The third-order valence-corrected chi connectivity index (χ3v) is 10.3. The summed E-state index contributed by atoms with van der Waals surface area (Å²) in [4.78, 5) is 21.7. The van der Waals surface area contributed by atoms with Gasteiger partial charge < -0.3 is 24.6 Å². The van der Waals surface area contributed by atoms with Crippen LogP contribution in [-0.2, 0) is 22.6 Å². The van der Waals surface area contributed by atoms with Crippen LogP contribution in [0, 0.1) is 23.2 Å². The first-order valence-corrected chi connectivity index (χ1v) is 15.1. The zero-order valence-corrected chi connectivity index (χ0v) is 24.5. The van der Waals surface area contributed by atoms with Crippen molar-refractivity contribution >= 4 is 17.2 Å². The van der Waals surface area contributed by atoms with Gasteiger partial charge >= 0.3 is 0 Å². The second-order valence-corrected chi connectivity index (χ2v) is 12.9. The molecule has 1 aromatic carbocycles. The Morgan fingerprint density at radius 2 is 2.00 bits per heavy atom. The van der Waals surface area contributed by atoms with Crippen molar-refractivity contribution in [3.63, 3.8) is 0 Å². The molecule has 6 atom stereocenters. The zero-order chi connectivity index (χ0) is 27.6. The molecule has 1 saturated carbocycles. The summed E-state index contributed by atoms with van der Waals surface area (Å²) in [7, 11) is 1.65. The Morgan fingerprint density at radius 3 is 2.72 bits per heavy atom. The Morgan fingerprint density at radius 1 is 1.28 bits per heavy atom. The lowest BCUT2D eigenvalue weighted by Gasteiger charge is -2.53. The van der Waals surface area contributed by atoms with Crippen LogP contribution >= 0.6 is 11.3 Å². The van der Waals surface area contributed by atoms with Gasteiger partial charge in [-0.25, -0.2) is 4.98 Å². The Kier molecular flexibility index (Phi) is 8.81. The van der Waals surface area contributed by atoms with E-state index in [0.29, 0.717) is 13.2 Å². The average Bonchev–Trinajstić information content (AvgIpc) is 3.35. The molecule has 3 aliphatic rings. The van der Waals surface area contributed by atoms with Crippen LogP contribution in [0.1, 0.15) is 55.1 Å². The largest absolute Gasteiger partial charge is 0.497 e. The molecule has 1 aliphatic heterocycles. The summed E-state index contributed by atoms with van der Waals surface area (Å²) in [5.41, 5.74) is 1.09. The second kappa shape index (κ2) is 12.1. The van der Waals surface area contributed by atoms with Gasteiger partial charge in [-0.05, 0) is 60.8 Å². The van der Waals surface area contributed by atoms with Gasteiger partial charge in [-0.1, -0.05) is 20.8 Å². The number of nitrogens with zero attached hydrogens (tertiary/aromatic N) is 2. The fourth-order valence-corrected chi connectivity index (χ4v) is 8.28. The number of hydrogen-bond acceptors (Lipinski definition) is 8. The quantitative estimate of drug-likeness (QED) is 0.484. The lowest BCUT2D eigenvalue weighted by molar-refractivity contribution is -0.134. The second-order valence-electron chi connectivity index (χ2n) is 11.8. The molecule has 1 saturated heterocycles. The Bertz CT molecular complexity index is 1120. The highest BCUT2D eigenvalue weighted by Gasteiger charge is 2.53. The predicted molar refractivity (Wildman–Crippen MR) is 151 cm³/mol. The number of ether oxygens (including phenoxy) is 3. The highest BCUT2D eigenvalue weighted by molar-refractivity contribution is 7.11. The minimum atomic E-state index is -0.535. The number of amides is 1. The number of methoxy groups -OCH3 is 1. The summed E-state index contributed by atoms with van der Waals surface area (Å²) < 4.78 is 16.6. The van der Waals surface area contributed by atoms with Crippen molar-refractivity contribution in [3.05, 3.63) is 39.8 Å². The van der Waals surface area contributed by atoms with E-state index in [1.54, 1.807) is 18.4 Å². The van der Waals surface area contributed by atoms with Crippen LogP contribution in [0.5, 0.6) is 11.5 Å². The van der Waals surface area contributed by atoms with E-state index in [-0.39, 0.29) is 35.0 Å². The standard InChI is InChI=1S/C30H43N3O5S/c1-19(29(35)31-11-12-33-13-15-37-16-14-33)23-9-10-30(3)17-24-27(20(2)26(30)28(23)34)32-25(39-24)18-38-22-7-5-21(36-4)6-8-22/h5-8,19-20,23,26,28,34H,9-18H2,1-4H3,(H,31,35). The van der Waals surface area contributed by atoms with Crippen molar-refractivity contribution in [2.24, 2.45) is 23.2 Å². The monoisotopic (exact) mass is 557 g/mol. The number of benzene rings is 1. The van der Waals surface area contributed by atoms with Crippen molar-refractivity contribution < 1.29 is 24.1 Å². The number of aromatic nitrogens is 1. The van der Waals surface area contributed by atoms with Crippen LogP contribution in [-0.4, -0.2) is 73.5 Å². The molecule has 5 rings (SSSR count). The SMILES string of the molecule is COc1ccc(OCc2nc3c(s2)CC2(C)CCC(C(C)C(=O)NCCN4CCOCC4)C(O)C2C3C)cc1. The zero-order valence-electron chi connectivity index (χ0n) is 23.7. The molecule has 214 valence electrons. The molecule has 9 heteroatoms. The highest BCUT2D eigenvalue weighted by Crippen LogP contribution is 2.57. The predicted octanol–water partition coefficient (Wildman–Crippen LogP) is 3.87. The minimum Gasteiger partial charge on any atom is -0.497 e. The van der Waals surface area contributed by atoms with Crippen LogP contribution in [0.4, 0.5) is 0 Å². The summed E-state index contributed by atoms with van der Waals surface area (Å²) in [6.45, 7) is 11.7. The number of morpholine rings is 1. The Balaban J connectivity index is 1.21. The molecule has 0 spiro atoms. The average molecular weight is 558 g/mol. The van der Waals surface area contributed by atoms with E-state index in [0.717, 1.165) is 74.3 Å².